The van der Waals surface area contributed by atoms with Crippen LogP contribution in [0.5, 0.6) is 0 Å². The van der Waals surface area contributed by atoms with Gasteiger partial charge in [-0.1, -0.05) is 19.9 Å². The predicted molar refractivity (Wildman–Crippen MR) is 72.8 cm³/mol. The predicted octanol–water partition coefficient (Wildman–Crippen LogP) is 1.79. The fourth-order valence-corrected chi connectivity index (χ4v) is 1.93. The van der Waals surface area contributed by atoms with E-state index in [2.05, 4.69) is 5.32 Å². The summed E-state index contributed by atoms with van der Waals surface area (Å²) in [6.07, 6.45) is 0.517. The Kier molecular flexibility index (Phi) is 3.74. The maximum absolute atomic E-state index is 11.6. The van der Waals surface area contributed by atoms with Crippen LogP contribution >= 0.6 is 0 Å². The molecule has 0 aliphatic rings. The number of hydrogen-bond donors (Lipinski definition) is 1. The third kappa shape index (κ3) is 3.05. The summed E-state index contributed by atoms with van der Waals surface area (Å²) in [6.45, 7) is 4.45. The molecule has 1 N–H and O–H groups in total. The lowest BCUT2D eigenvalue weighted by atomic mass is 10.1. The van der Waals surface area contributed by atoms with Crippen molar-refractivity contribution in [3.63, 3.8) is 0 Å². The number of rotatable bonds is 4. The summed E-state index contributed by atoms with van der Waals surface area (Å²) in [4.78, 5) is 22.9. The van der Waals surface area contributed by atoms with E-state index in [1.165, 1.54) is 4.57 Å². The fraction of sp³-hybridized carbons (Fsp3) is 0.429. The van der Waals surface area contributed by atoms with Gasteiger partial charge in [0.15, 0.2) is 5.58 Å². The van der Waals surface area contributed by atoms with Gasteiger partial charge in [-0.2, -0.15) is 0 Å². The largest absolute Gasteiger partial charge is 0.419 e. The Labute approximate surface area is 111 Å². The molecule has 5 heteroatoms. The van der Waals surface area contributed by atoms with Crippen LogP contribution in [-0.2, 0) is 18.4 Å². The number of aryl methyl sites for hydroxylation is 1. The SMILES string of the molecule is CC(C)CC(=O)NCc1ccc2c(c1)oc(=O)n2C. The minimum absolute atomic E-state index is 0.0320. The second-order valence-corrected chi connectivity index (χ2v) is 5.10. The van der Waals surface area contributed by atoms with E-state index in [1.807, 2.05) is 26.0 Å². The van der Waals surface area contributed by atoms with Gasteiger partial charge in [0.05, 0.1) is 5.52 Å². The van der Waals surface area contributed by atoms with Crippen molar-refractivity contribution in [3.8, 4) is 0 Å². The van der Waals surface area contributed by atoms with E-state index in [4.69, 9.17) is 4.42 Å². The molecule has 2 rings (SSSR count). The molecule has 102 valence electrons. The molecular formula is C14H18N2O3. The van der Waals surface area contributed by atoms with Crippen LogP contribution in [-0.4, -0.2) is 10.5 Å². The van der Waals surface area contributed by atoms with E-state index >= 15 is 0 Å². The van der Waals surface area contributed by atoms with Crippen LogP contribution < -0.4 is 11.1 Å². The van der Waals surface area contributed by atoms with Gasteiger partial charge in [0.1, 0.15) is 0 Å². The molecule has 0 radical (unpaired) electrons. The molecule has 5 nitrogen and oxygen atoms in total. The number of nitrogens with one attached hydrogen (secondary N) is 1. The molecule has 0 spiro atoms. The monoisotopic (exact) mass is 262 g/mol. The van der Waals surface area contributed by atoms with Crippen molar-refractivity contribution in [3.05, 3.63) is 34.3 Å². The number of carbonyl (C=O) groups excluding carboxylic acids is 1. The van der Waals surface area contributed by atoms with Gasteiger partial charge >= 0.3 is 5.76 Å². The molecule has 0 unspecified atom stereocenters. The summed E-state index contributed by atoms with van der Waals surface area (Å²) in [5, 5.41) is 2.85. The smallest absolute Gasteiger partial charge is 0.408 e. The number of benzene rings is 1. The van der Waals surface area contributed by atoms with E-state index in [0.29, 0.717) is 24.5 Å². The van der Waals surface area contributed by atoms with Gasteiger partial charge in [-0.05, 0) is 23.6 Å². The standard InChI is InChI=1S/C14H18N2O3/c1-9(2)6-13(17)15-8-10-4-5-11-12(7-10)19-14(18)16(11)3/h4-5,7,9H,6,8H2,1-3H3,(H,15,17). The lowest BCUT2D eigenvalue weighted by Gasteiger charge is -2.07. The molecule has 2 aromatic rings. The summed E-state index contributed by atoms with van der Waals surface area (Å²) in [5.41, 5.74) is 2.21. The fourth-order valence-electron chi connectivity index (χ4n) is 1.93. The van der Waals surface area contributed by atoms with Crippen molar-refractivity contribution in [2.24, 2.45) is 13.0 Å². The molecule has 19 heavy (non-hydrogen) atoms. The first-order valence-corrected chi connectivity index (χ1v) is 6.32. The summed E-state index contributed by atoms with van der Waals surface area (Å²) < 4.78 is 6.56. The summed E-state index contributed by atoms with van der Waals surface area (Å²) in [7, 11) is 1.66. The van der Waals surface area contributed by atoms with Crippen molar-refractivity contribution in [1.82, 2.24) is 9.88 Å². The number of carbonyl (C=O) groups is 1. The van der Waals surface area contributed by atoms with Gasteiger partial charge in [-0.25, -0.2) is 4.79 Å². The molecule has 0 bridgehead atoms. The number of fused-ring (bicyclic) bond motifs is 1. The Morgan fingerprint density at radius 2 is 2.16 bits per heavy atom. The van der Waals surface area contributed by atoms with E-state index in [1.54, 1.807) is 13.1 Å². The van der Waals surface area contributed by atoms with E-state index in [-0.39, 0.29) is 11.7 Å². The molecule has 1 amide bonds. The molecule has 1 aromatic heterocycles. The number of oxazole rings is 1. The van der Waals surface area contributed by atoms with Crippen molar-refractivity contribution in [2.75, 3.05) is 0 Å². The molecule has 0 atom stereocenters. The Balaban J connectivity index is 2.10. The molecule has 0 aliphatic carbocycles. The van der Waals surface area contributed by atoms with Crippen LogP contribution in [0.1, 0.15) is 25.8 Å². The second-order valence-electron chi connectivity index (χ2n) is 5.10. The van der Waals surface area contributed by atoms with Crippen LogP contribution in [0, 0.1) is 5.92 Å². The molecule has 0 saturated carbocycles. The van der Waals surface area contributed by atoms with Gasteiger partial charge in [-0.15, -0.1) is 0 Å². The highest BCUT2D eigenvalue weighted by Crippen LogP contribution is 2.14. The van der Waals surface area contributed by atoms with Crippen molar-refractivity contribution in [1.29, 1.82) is 0 Å². The van der Waals surface area contributed by atoms with Crippen molar-refractivity contribution < 1.29 is 9.21 Å². The van der Waals surface area contributed by atoms with Gasteiger partial charge in [0.2, 0.25) is 5.91 Å². The quantitative estimate of drug-likeness (QED) is 0.913. The number of nitrogens with zero attached hydrogens (tertiary/aromatic N) is 1. The van der Waals surface area contributed by atoms with Gasteiger partial charge < -0.3 is 9.73 Å². The molecule has 0 saturated heterocycles. The lowest BCUT2D eigenvalue weighted by molar-refractivity contribution is -0.121. The van der Waals surface area contributed by atoms with Crippen LogP contribution in [0.2, 0.25) is 0 Å². The summed E-state index contributed by atoms with van der Waals surface area (Å²) in [6, 6.07) is 5.49. The minimum atomic E-state index is -0.379. The minimum Gasteiger partial charge on any atom is -0.408 e. The number of amides is 1. The third-order valence-electron chi connectivity index (χ3n) is 2.94. The highest BCUT2D eigenvalue weighted by atomic mass is 16.4. The summed E-state index contributed by atoms with van der Waals surface area (Å²) >= 11 is 0. The zero-order chi connectivity index (χ0) is 14.0. The Morgan fingerprint density at radius 1 is 1.42 bits per heavy atom. The zero-order valence-electron chi connectivity index (χ0n) is 11.4. The van der Waals surface area contributed by atoms with Crippen molar-refractivity contribution >= 4 is 17.0 Å². The van der Waals surface area contributed by atoms with Crippen LogP contribution in [0.4, 0.5) is 0 Å². The highest BCUT2D eigenvalue weighted by Gasteiger charge is 2.08. The first kappa shape index (κ1) is 13.4. The molecule has 1 aromatic carbocycles. The third-order valence-corrected chi connectivity index (χ3v) is 2.94. The van der Waals surface area contributed by atoms with E-state index in [9.17, 15) is 9.59 Å². The van der Waals surface area contributed by atoms with E-state index < -0.39 is 0 Å². The Hall–Kier alpha value is -2.04. The average molecular weight is 262 g/mol. The Bertz CT molecular complexity index is 652. The first-order chi connectivity index (χ1) is 8.97. The maximum Gasteiger partial charge on any atom is 0.419 e. The number of hydrogen-bond acceptors (Lipinski definition) is 3. The van der Waals surface area contributed by atoms with Gasteiger partial charge in [0, 0.05) is 20.0 Å². The van der Waals surface area contributed by atoms with Gasteiger partial charge in [0.25, 0.3) is 0 Å². The maximum atomic E-state index is 11.6. The topological polar surface area (TPSA) is 64.2 Å². The van der Waals surface area contributed by atoms with Gasteiger partial charge in [-0.3, -0.25) is 9.36 Å². The molecule has 0 aliphatic heterocycles. The highest BCUT2D eigenvalue weighted by molar-refractivity contribution is 5.77. The Morgan fingerprint density at radius 3 is 2.84 bits per heavy atom. The van der Waals surface area contributed by atoms with Crippen molar-refractivity contribution in [2.45, 2.75) is 26.8 Å². The first-order valence-electron chi connectivity index (χ1n) is 6.32. The summed E-state index contributed by atoms with van der Waals surface area (Å²) in [5.74, 6) is -0.00442. The lowest BCUT2D eigenvalue weighted by Crippen LogP contribution is -2.23. The molecule has 1 heterocycles. The van der Waals surface area contributed by atoms with Crippen LogP contribution in [0.25, 0.3) is 11.1 Å². The number of aromatic nitrogens is 1. The zero-order valence-corrected chi connectivity index (χ0v) is 11.4. The average Bonchev–Trinajstić information content (AvgIpc) is 2.61. The normalized spacial score (nSPS) is 11.2. The van der Waals surface area contributed by atoms with Crippen LogP contribution in [0.15, 0.2) is 27.4 Å². The van der Waals surface area contributed by atoms with Crippen LogP contribution in [0.3, 0.4) is 0 Å². The second kappa shape index (κ2) is 5.30. The molecule has 0 fully saturated rings. The molecular weight excluding hydrogens is 244 g/mol. The van der Waals surface area contributed by atoms with E-state index in [0.717, 1.165) is 11.1 Å².